The number of pyridine rings is 1. The predicted octanol–water partition coefficient (Wildman–Crippen LogP) is 3.59. The standard InChI is InChI=1S/C18H22FN5O2S2/c1-9(2)7-11(8-25)21-15-14-16(24-18(26)28-14)23-17(22-15)27-10(3)13-12(19)5-4-6-20-13/h4-6,9-11,25H,7-8H2,1-3H3,(H2,21,22,23,24,26)/t10-,11+/m0/s1. The molecule has 0 spiro atoms. The van der Waals surface area contributed by atoms with E-state index in [4.69, 9.17) is 0 Å². The van der Waals surface area contributed by atoms with Gasteiger partial charge in [-0.2, -0.15) is 0 Å². The second-order valence-electron chi connectivity index (χ2n) is 6.83. The van der Waals surface area contributed by atoms with E-state index in [-0.39, 0.29) is 28.6 Å². The van der Waals surface area contributed by atoms with Gasteiger partial charge in [0.25, 0.3) is 0 Å². The first kappa shape index (κ1) is 20.7. The number of aliphatic hydroxyl groups excluding tert-OH is 1. The Hall–Kier alpha value is -2.04. The molecule has 28 heavy (non-hydrogen) atoms. The van der Waals surface area contributed by atoms with E-state index in [1.165, 1.54) is 17.8 Å². The van der Waals surface area contributed by atoms with Crippen molar-refractivity contribution in [3.8, 4) is 0 Å². The van der Waals surface area contributed by atoms with E-state index < -0.39 is 0 Å². The fraction of sp³-hybridized carbons (Fsp3) is 0.444. The third-order valence-electron chi connectivity index (χ3n) is 4.03. The van der Waals surface area contributed by atoms with E-state index in [1.807, 2.05) is 6.92 Å². The number of halogens is 1. The second kappa shape index (κ2) is 8.97. The lowest BCUT2D eigenvalue weighted by molar-refractivity contribution is 0.259. The molecule has 0 saturated heterocycles. The van der Waals surface area contributed by atoms with Crippen molar-refractivity contribution in [2.24, 2.45) is 5.92 Å². The molecule has 0 aliphatic heterocycles. The van der Waals surface area contributed by atoms with E-state index in [1.54, 1.807) is 12.3 Å². The van der Waals surface area contributed by atoms with Crippen LogP contribution in [0.3, 0.4) is 0 Å². The third kappa shape index (κ3) is 4.86. The number of aromatic nitrogens is 4. The van der Waals surface area contributed by atoms with Crippen LogP contribution in [0.4, 0.5) is 10.2 Å². The van der Waals surface area contributed by atoms with Crippen LogP contribution >= 0.6 is 23.1 Å². The van der Waals surface area contributed by atoms with Gasteiger partial charge in [-0.25, -0.2) is 14.4 Å². The fourth-order valence-corrected chi connectivity index (χ4v) is 4.45. The largest absolute Gasteiger partial charge is 0.394 e. The number of thioether (sulfide) groups is 1. The molecule has 0 bridgehead atoms. The van der Waals surface area contributed by atoms with Gasteiger partial charge in [-0.1, -0.05) is 36.9 Å². The van der Waals surface area contributed by atoms with Crippen LogP contribution in [0, 0.1) is 11.7 Å². The van der Waals surface area contributed by atoms with E-state index in [0.29, 0.717) is 32.9 Å². The molecule has 150 valence electrons. The molecule has 3 N–H and O–H groups in total. The molecule has 0 aliphatic rings. The number of rotatable bonds is 8. The maximum Gasteiger partial charge on any atom is 0.306 e. The van der Waals surface area contributed by atoms with E-state index in [0.717, 1.165) is 17.8 Å². The van der Waals surface area contributed by atoms with Crippen molar-refractivity contribution in [3.05, 3.63) is 39.5 Å². The first-order valence-corrected chi connectivity index (χ1v) is 10.6. The van der Waals surface area contributed by atoms with Crippen LogP contribution in [0.2, 0.25) is 0 Å². The average Bonchev–Trinajstić information content (AvgIpc) is 3.01. The molecule has 3 aromatic heterocycles. The van der Waals surface area contributed by atoms with Crippen molar-refractivity contribution in [2.45, 2.75) is 43.6 Å². The molecule has 2 atom stereocenters. The lowest BCUT2D eigenvalue weighted by atomic mass is 10.0. The summed E-state index contributed by atoms with van der Waals surface area (Å²) in [7, 11) is 0. The number of anilines is 1. The number of aromatic amines is 1. The van der Waals surface area contributed by atoms with Gasteiger partial charge in [0.1, 0.15) is 10.5 Å². The van der Waals surface area contributed by atoms with Gasteiger partial charge < -0.3 is 10.4 Å². The monoisotopic (exact) mass is 423 g/mol. The molecule has 0 radical (unpaired) electrons. The fourth-order valence-electron chi connectivity index (χ4n) is 2.83. The van der Waals surface area contributed by atoms with Crippen molar-refractivity contribution in [1.82, 2.24) is 19.9 Å². The maximum absolute atomic E-state index is 14.0. The molecule has 0 saturated carbocycles. The molecule has 3 heterocycles. The summed E-state index contributed by atoms with van der Waals surface area (Å²) < 4.78 is 14.6. The van der Waals surface area contributed by atoms with Gasteiger partial charge >= 0.3 is 4.87 Å². The lowest BCUT2D eigenvalue weighted by Gasteiger charge is -2.19. The van der Waals surface area contributed by atoms with Gasteiger partial charge in [0.15, 0.2) is 16.6 Å². The molecule has 0 aromatic carbocycles. The SMILES string of the molecule is CC(C)C[C@H](CO)Nc1nc(S[C@@H](C)c2ncccc2F)nc2[nH]c(=O)sc12. The third-order valence-corrected chi connectivity index (χ3v) is 5.88. The number of fused-ring (bicyclic) bond motifs is 1. The number of nitrogens with zero attached hydrogens (tertiary/aromatic N) is 3. The Morgan fingerprint density at radius 2 is 2.14 bits per heavy atom. The molecule has 0 unspecified atom stereocenters. The van der Waals surface area contributed by atoms with Crippen LogP contribution < -0.4 is 10.2 Å². The van der Waals surface area contributed by atoms with E-state index in [9.17, 15) is 14.3 Å². The number of H-pyrrole nitrogens is 1. The summed E-state index contributed by atoms with van der Waals surface area (Å²) in [5.74, 6) is 0.486. The Morgan fingerprint density at radius 3 is 2.82 bits per heavy atom. The second-order valence-corrected chi connectivity index (χ2v) is 9.12. The highest BCUT2D eigenvalue weighted by atomic mass is 32.2. The van der Waals surface area contributed by atoms with Gasteiger partial charge in [-0.3, -0.25) is 14.8 Å². The number of hydrogen-bond acceptors (Lipinski definition) is 8. The van der Waals surface area contributed by atoms with Gasteiger partial charge in [0.2, 0.25) is 0 Å². The first-order chi connectivity index (χ1) is 13.4. The Labute approximate surface area is 169 Å². The minimum absolute atomic E-state index is 0.0545. The zero-order valence-corrected chi connectivity index (χ0v) is 17.4. The Morgan fingerprint density at radius 1 is 1.36 bits per heavy atom. The number of hydrogen-bond donors (Lipinski definition) is 3. The van der Waals surface area contributed by atoms with Crippen LogP contribution in [0.25, 0.3) is 10.3 Å². The number of nitrogens with one attached hydrogen (secondary N) is 2. The molecule has 0 amide bonds. The molecular weight excluding hydrogens is 401 g/mol. The molecule has 0 aliphatic carbocycles. The lowest BCUT2D eigenvalue weighted by Crippen LogP contribution is -2.26. The van der Waals surface area contributed by atoms with Crippen LogP contribution in [0.1, 0.15) is 38.1 Å². The summed E-state index contributed by atoms with van der Waals surface area (Å²) in [6.45, 7) is 5.90. The van der Waals surface area contributed by atoms with Gasteiger partial charge in [-0.15, -0.1) is 0 Å². The smallest absolute Gasteiger partial charge is 0.306 e. The van der Waals surface area contributed by atoms with Gasteiger partial charge in [0.05, 0.1) is 23.6 Å². The minimum Gasteiger partial charge on any atom is -0.394 e. The highest BCUT2D eigenvalue weighted by Gasteiger charge is 2.20. The van der Waals surface area contributed by atoms with Crippen LogP contribution in [-0.2, 0) is 0 Å². The van der Waals surface area contributed by atoms with Crippen molar-refractivity contribution in [3.63, 3.8) is 0 Å². The van der Waals surface area contributed by atoms with Crippen LogP contribution in [-0.4, -0.2) is 37.7 Å². The summed E-state index contributed by atoms with van der Waals surface area (Å²) in [6, 6.07) is 2.71. The summed E-state index contributed by atoms with van der Waals surface area (Å²) >= 11 is 2.27. The molecule has 7 nitrogen and oxygen atoms in total. The summed E-state index contributed by atoms with van der Waals surface area (Å²) in [4.78, 5) is 27.3. The minimum atomic E-state index is -0.386. The summed E-state index contributed by atoms with van der Waals surface area (Å²) in [5, 5.41) is 13.0. The number of aliphatic hydroxyl groups is 1. The first-order valence-electron chi connectivity index (χ1n) is 8.92. The molecular formula is C18H22FN5O2S2. The van der Waals surface area contributed by atoms with Crippen molar-refractivity contribution in [2.75, 3.05) is 11.9 Å². The van der Waals surface area contributed by atoms with Crippen molar-refractivity contribution < 1.29 is 9.50 Å². The Bertz CT molecular complexity index is 1010. The highest BCUT2D eigenvalue weighted by Crippen LogP contribution is 2.35. The molecule has 0 fully saturated rings. The predicted molar refractivity (Wildman–Crippen MR) is 110 cm³/mol. The van der Waals surface area contributed by atoms with E-state index in [2.05, 4.69) is 39.1 Å². The summed E-state index contributed by atoms with van der Waals surface area (Å²) in [6.07, 6.45) is 2.29. The Balaban J connectivity index is 1.93. The van der Waals surface area contributed by atoms with Crippen LogP contribution in [0.5, 0.6) is 0 Å². The highest BCUT2D eigenvalue weighted by molar-refractivity contribution is 7.99. The van der Waals surface area contributed by atoms with Crippen LogP contribution in [0.15, 0.2) is 28.3 Å². The van der Waals surface area contributed by atoms with Gasteiger partial charge in [0, 0.05) is 6.20 Å². The van der Waals surface area contributed by atoms with E-state index >= 15 is 0 Å². The topological polar surface area (TPSA) is 104 Å². The van der Waals surface area contributed by atoms with Crippen molar-refractivity contribution >= 4 is 39.3 Å². The zero-order chi connectivity index (χ0) is 20.3. The molecule has 3 rings (SSSR count). The quantitative estimate of drug-likeness (QED) is 0.376. The number of thiazole rings is 1. The summed E-state index contributed by atoms with van der Waals surface area (Å²) in [5.41, 5.74) is 0.738. The zero-order valence-electron chi connectivity index (χ0n) is 15.8. The molecule has 3 aromatic rings. The normalized spacial score (nSPS) is 13.8. The van der Waals surface area contributed by atoms with Crippen molar-refractivity contribution in [1.29, 1.82) is 0 Å². The maximum atomic E-state index is 14.0. The molecule has 10 heteroatoms. The Kier molecular flexibility index (Phi) is 6.63. The average molecular weight is 424 g/mol. The van der Waals surface area contributed by atoms with Gasteiger partial charge in [-0.05, 0) is 31.4 Å².